The minimum Gasteiger partial charge on any atom is -0.497 e. The summed E-state index contributed by atoms with van der Waals surface area (Å²) in [6, 6.07) is 18.1. The van der Waals surface area contributed by atoms with E-state index in [1.807, 2.05) is 6.07 Å². The van der Waals surface area contributed by atoms with Gasteiger partial charge in [0.1, 0.15) is 22.3 Å². The number of hydrogen-bond acceptors (Lipinski definition) is 8. The third-order valence-electron chi connectivity index (χ3n) is 4.76. The number of carbonyl (C=O) groups is 2. The Hall–Kier alpha value is -4.14. The number of halogens is 1. The van der Waals surface area contributed by atoms with Crippen molar-refractivity contribution in [3.63, 3.8) is 0 Å². The molecule has 11 heteroatoms. The van der Waals surface area contributed by atoms with Crippen LogP contribution in [0.5, 0.6) is 11.5 Å². The van der Waals surface area contributed by atoms with Crippen LogP contribution >= 0.6 is 15.9 Å². The minimum absolute atomic E-state index is 0.0120. The molecule has 0 saturated carbocycles. The topological polar surface area (TPSA) is 132 Å². The Labute approximate surface area is 216 Å². The molecule has 0 radical (unpaired) electrons. The predicted octanol–water partition coefficient (Wildman–Crippen LogP) is 4.56. The number of nitrogens with one attached hydrogen (secondary N) is 1. The van der Waals surface area contributed by atoms with Gasteiger partial charge in [-0.2, -0.15) is 13.7 Å². The number of nitriles is 1. The summed E-state index contributed by atoms with van der Waals surface area (Å²) >= 11 is 3.26. The van der Waals surface area contributed by atoms with Gasteiger partial charge in [-0.3, -0.25) is 4.79 Å². The van der Waals surface area contributed by atoms with Gasteiger partial charge in [0.05, 0.1) is 29.9 Å². The van der Waals surface area contributed by atoms with Crippen LogP contribution in [0.3, 0.4) is 0 Å². The van der Waals surface area contributed by atoms with Gasteiger partial charge < -0.3 is 19.0 Å². The van der Waals surface area contributed by atoms with E-state index < -0.39 is 22.0 Å². The maximum atomic E-state index is 12.7. The van der Waals surface area contributed by atoms with Gasteiger partial charge in [0, 0.05) is 0 Å². The number of esters is 1. The lowest BCUT2D eigenvalue weighted by molar-refractivity contribution is -0.112. The second kappa shape index (κ2) is 11.5. The summed E-state index contributed by atoms with van der Waals surface area (Å²) in [4.78, 5) is 24.5. The van der Waals surface area contributed by atoms with Crippen molar-refractivity contribution in [3.05, 3.63) is 87.9 Å². The molecule has 1 N–H and O–H groups in total. The fraction of sp³-hybridized carbons (Fsp3) is 0.0800. The number of hydrogen-bond donors (Lipinski definition) is 1. The van der Waals surface area contributed by atoms with Crippen LogP contribution in [0.25, 0.3) is 6.08 Å². The fourth-order valence-electron chi connectivity index (χ4n) is 2.97. The van der Waals surface area contributed by atoms with E-state index in [0.717, 1.165) is 0 Å². The molecule has 0 aromatic heterocycles. The van der Waals surface area contributed by atoms with E-state index in [0.29, 0.717) is 11.3 Å². The number of anilines is 1. The smallest absolute Gasteiger partial charge is 0.339 e. The number of amides is 1. The quantitative estimate of drug-likeness (QED) is 0.180. The molecule has 0 heterocycles. The van der Waals surface area contributed by atoms with E-state index in [-0.39, 0.29) is 31.9 Å². The summed E-state index contributed by atoms with van der Waals surface area (Å²) in [5.41, 5.74) is 0.488. The van der Waals surface area contributed by atoms with Crippen LogP contribution in [0.1, 0.15) is 15.9 Å². The molecule has 3 aromatic rings. The Morgan fingerprint density at radius 1 is 1.03 bits per heavy atom. The van der Waals surface area contributed by atoms with Crippen LogP contribution in [-0.4, -0.2) is 34.5 Å². The Balaban J connectivity index is 1.81. The van der Waals surface area contributed by atoms with Crippen LogP contribution in [0, 0.1) is 11.3 Å². The fourth-order valence-corrected chi connectivity index (χ4v) is 4.50. The molecule has 0 aliphatic rings. The van der Waals surface area contributed by atoms with E-state index in [4.69, 9.17) is 13.7 Å². The zero-order chi connectivity index (χ0) is 26.3. The monoisotopic (exact) mass is 570 g/mol. The molecule has 184 valence electrons. The lowest BCUT2D eigenvalue weighted by Gasteiger charge is -2.10. The highest BCUT2D eigenvalue weighted by molar-refractivity contribution is 9.10. The second-order valence-electron chi connectivity index (χ2n) is 7.06. The summed E-state index contributed by atoms with van der Waals surface area (Å²) in [6.45, 7) is 0. The van der Waals surface area contributed by atoms with Crippen molar-refractivity contribution in [1.82, 2.24) is 0 Å². The molecule has 36 heavy (non-hydrogen) atoms. The number of methoxy groups -OCH3 is 2. The molecule has 0 fully saturated rings. The lowest BCUT2D eigenvalue weighted by atomic mass is 10.1. The standard InChI is InChI=1S/C25H19BrN2O7S/c1-33-18-8-10-19(11-9-18)36(31,32)35-23-12-7-16(14-21(23)26)13-17(15-27)24(29)28-22-6-4-3-5-20(22)25(30)34-2/h3-14H,1-2H3,(H,28,29)/b17-13+. The lowest BCUT2D eigenvalue weighted by Crippen LogP contribution is -2.16. The highest BCUT2D eigenvalue weighted by Crippen LogP contribution is 2.30. The Morgan fingerprint density at radius 2 is 1.72 bits per heavy atom. The molecule has 0 spiro atoms. The van der Waals surface area contributed by atoms with Gasteiger partial charge in [-0.15, -0.1) is 0 Å². The van der Waals surface area contributed by atoms with Gasteiger partial charge in [-0.1, -0.05) is 18.2 Å². The van der Waals surface area contributed by atoms with Crippen LogP contribution in [0.4, 0.5) is 5.69 Å². The van der Waals surface area contributed by atoms with E-state index in [1.165, 1.54) is 74.9 Å². The zero-order valence-corrected chi connectivity index (χ0v) is 21.4. The third kappa shape index (κ3) is 6.29. The molecule has 0 atom stereocenters. The number of para-hydroxylation sites is 1. The summed E-state index contributed by atoms with van der Waals surface area (Å²) < 4.78 is 40.4. The third-order valence-corrected chi connectivity index (χ3v) is 6.63. The SMILES string of the molecule is COC(=O)c1ccccc1NC(=O)/C(C#N)=C/c1ccc(OS(=O)(=O)c2ccc(OC)cc2)c(Br)c1. The predicted molar refractivity (Wildman–Crippen MR) is 135 cm³/mol. The number of benzene rings is 3. The molecule has 3 rings (SSSR count). The summed E-state index contributed by atoms with van der Waals surface area (Å²) in [5.74, 6) is -0.875. The Bertz CT molecular complexity index is 1480. The van der Waals surface area contributed by atoms with Gasteiger partial charge >= 0.3 is 16.1 Å². The first-order chi connectivity index (χ1) is 17.2. The molecule has 0 saturated heterocycles. The Kier molecular flexibility index (Phi) is 8.47. The average molecular weight is 571 g/mol. The molecule has 0 bridgehead atoms. The van der Waals surface area contributed by atoms with Crippen molar-refractivity contribution in [2.24, 2.45) is 0 Å². The van der Waals surface area contributed by atoms with Crippen molar-refractivity contribution >= 4 is 49.7 Å². The van der Waals surface area contributed by atoms with E-state index in [2.05, 4.69) is 21.2 Å². The van der Waals surface area contributed by atoms with Gasteiger partial charge in [0.25, 0.3) is 5.91 Å². The highest BCUT2D eigenvalue weighted by Gasteiger charge is 2.19. The molecule has 0 aliphatic heterocycles. The van der Waals surface area contributed by atoms with Crippen molar-refractivity contribution in [3.8, 4) is 17.6 Å². The number of ether oxygens (including phenoxy) is 2. The van der Waals surface area contributed by atoms with Crippen LogP contribution in [0.15, 0.2) is 81.7 Å². The van der Waals surface area contributed by atoms with E-state index in [1.54, 1.807) is 12.1 Å². The van der Waals surface area contributed by atoms with Crippen molar-refractivity contribution < 1.29 is 31.7 Å². The first-order valence-electron chi connectivity index (χ1n) is 10.2. The first kappa shape index (κ1) is 26.5. The number of carbonyl (C=O) groups excluding carboxylic acids is 2. The molecular formula is C25H19BrN2O7S. The Morgan fingerprint density at radius 3 is 2.33 bits per heavy atom. The van der Waals surface area contributed by atoms with Crippen LogP contribution < -0.4 is 14.2 Å². The summed E-state index contributed by atoms with van der Waals surface area (Å²) in [5, 5.41) is 12.0. The van der Waals surface area contributed by atoms with Crippen LogP contribution in [-0.2, 0) is 19.6 Å². The van der Waals surface area contributed by atoms with Crippen molar-refractivity contribution in [1.29, 1.82) is 5.26 Å². The zero-order valence-electron chi connectivity index (χ0n) is 19.0. The summed E-state index contributed by atoms with van der Waals surface area (Å²) in [6.07, 6.45) is 1.31. The van der Waals surface area contributed by atoms with Crippen molar-refractivity contribution in [2.75, 3.05) is 19.5 Å². The largest absolute Gasteiger partial charge is 0.497 e. The van der Waals surface area contributed by atoms with Gasteiger partial charge in [0.2, 0.25) is 0 Å². The average Bonchev–Trinajstić information content (AvgIpc) is 2.88. The van der Waals surface area contributed by atoms with E-state index >= 15 is 0 Å². The number of rotatable bonds is 8. The highest BCUT2D eigenvalue weighted by atomic mass is 79.9. The molecule has 0 unspecified atom stereocenters. The molecule has 9 nitrogen and oxygen atoms in total. The van der Waals surface area contributed by atoms with Gasteiger partial charge in [-0.25, -0.2) is 4.79 Å². The number of nitrogens with zero attached hydrogens (tertiary/aromatic N) is 1. The maximum Gasteiger partial charge on any atom is 0.339 e. The normalized spacial score (nSPS) is 11.2. The molecule has 0 aliphatic carbocycles. The van der Waals surface area contributed by atoms with Crippen LogP contribution in [0.2, 0.25) is 0 Å². The maximum absolute atomic E-state index is 12.7. The van der Waals surface area contributed by atoms with Gasteiger partial charge in [-0.05, 0) is 76.1 Å². The molecule has 3 aromatic carbocycles. The minimum atomic E-state index is -4.12. The van der Waals surface area contributed by atoms with Gasteiger partial charge in [0.15, 0.2) is 5.75 Å². The summed E-state index contributed by atoms with van der Waals surface area (Å²) in [7, 11) is -1.43. The molecular weight excluding hydrogens is 552 g/mol. The second-order valence-corrected chi connectivity index (χ2v) is 9.46. The van der Waals surface area contributed by atoms with E-state index in [9.17, 15) is 23.3 Å². The van der Waals surface area contributed by atoms with Crippen molar-refractivity contribution in [2.45, 2.75) is 4.90 Å². The molecule has 1 amide bonds. The first-order valence-corrected chi connectivity index (χ1v) is 12.4.